The molecule has 0 radical (unpaired) electrons. The Labute approximate surface area is 76.6 Å². The van der Waals surface area contributed by atoms with Crippen molar-refractivity contribution in [2.24, 2.45) is 5.28 Å². The number of hydrogen-bond donors (Lipinski definition) is 1. The second kappa shape index (κ2) is 5.39. The number of hydroxylamine groups is 1. The van der Waals surface area contributed by atoms with Crippen molar-refractivity contribution in [1.82, 2.24) is 0 Å². The minimum atomic E-state index is -0.0706. The van der Waals surface area contributed by atoms with Gasteiger partial charge in [0.1, 0.15) is 0 Å². The molecule has 0 aliphatic heterocycles. The van der Waals surface area contributed by atoms with Crippen LogP contribution in [0.15, 0.2) is 5.28 Å². The molecule has 58 valence electrons. The van der Waals surface area contributed by atoms with Crippen molar-refractivity contribution < 1.29 is 10.1 Å². The molecular formula is C6H12AlN2O2+3. The van der Waals surface area contributed by atoms with Gasteiger partial charge in [0, 0.05) is 12.8 Å². The third-order valence-electron chi connectivity index (χ3n) is 1.98. The smallest absolute Gasteiger partial charge is 0.597 e. The molecule has 11 heavy (non-hydrogen) atoms. The fourth-order valence-corrected chi connectivity index (χ4v) is 1.37. The Kier molecular flexibility index (Phi) is 5.26. The van der Waals surface area contributed by atoms with Crippen LogP contribution in [0.3, 0.4) is 0 Å². The summed E-state index contributed by atoms with van der Waals surface area (Å²) in [4.78, 5) is 0.416. The zero-order valence-electron chi connectivity index (χ0n) is 6.44. The molecule has 1 saturated carbocycles. The van der Waals surface area contributed by atoms with E-state index in [1.165, 1.54) is 6.42 Å². The Morgan fingerprint density at radius 3 is 2.27 bits per heavy atom. The summed E-state index contributed by atoms with van der Waals surface area (Å²) >= 11 is 0. The van der Waals surface area contributed by atoms with E-state index in [0.29, 0.717) is 4.86 Å². The third-order valence-corrected chi connectivity index (χ3v) is 1.98. The molecule has 1 aliphatic carbocycles. The van der Waals surface area contributed by atoms with Crippen LogP contribution in [0.4, 0.5) is 0 Å². The van der Waals surface area contributed by atoms with Crippen LogP contribution in [0.5, 0.6) is 0 Å². The molecule has 0 atom stereocenters. The average molecular weight is 171 g/mol. The van der Waals surface area contributed by atoms with Gasteiger partial charge < -0.3 is 10.4 Å². The van der Waals surface area contributed by atoms with E-state index in [-0.39, 0.29) is 23.4 Å². The predicted octanol–water partition coefficient (Wildman–Crippen LogP) is 1.29. The van der Waals surface area contributed by atoms with Crippen LogP contribution < -0.4 is 0 Å². The Hall–Kier alpha value is -0.268. The van der Waals surface area contributed by atoms with Crippen LogP contribution in [0.25, 0.3) is 0 Å². The molecule has 0 aromatic carbocycles. The maximum atomic E-state index is 10.7. The van der Waals surface area contributed by atoms with E-state index in [1.807, 2.05) is 0 Å². The standard InChI is InChI=1S/C6H12N2O2.Al/c9-7-8(10)6-4-2-1-3-5-6;/h6,9H,1-5H2;/q;+3/b8-7-;. The van der Waals surface area contributed by atoms with E-state index in [2.05, 4.69) is 5.28 Å². The fraction of sp³-hybridized carbons (Fsp3) is 1.00. The molecule has 0 saturated heterocycles. The average Bonchev–Trinajstić information content (AvgIpc) is 2.05. The molecule has 0 aromatic rings. The van der Waals surface area contributed by atoms with E-state index < -0.39 is 0 Å². The first kappa shape index (κ1) is 10.7. The Bertz CT molecular complexity index is 135. The topological polar surface area (TPSA) is 58.7 Å². The Morgan fingerprint density at radius 1 is 1.27 bits per heavy atom. The monoisotopic (exact) mass is 171 g/mol. The normalized spacial score (nSPS) is 20.9. The van der Waals surface area contributed by atoms with Crippen molar-refractivity contribution in [3.05, 3.63) is 5.21 Å². The van der Waals surface area contributed by atoms with Crippen molar-refractivity contribution in [2.75, 3.05) is 0 Å². The van der Waals surface area contributed by atoms with E-state index in [9.17, 15) is 5.21 Å². The molecule has 0 amide bonds. The summed E-state index contributed by atoms with van der Waals surface area (Å²) in [5.74, 6) is 0. The predicted molar refractivity (Wildman–Crippen MR) is 40.5 cm³/mol. The molecule has 1 fully saturated rings. The van der Waals surface area contributed by atoms with Crippen molar-refractivity contribution in [1.29, 1.82) is 0 Å². The summed E-state index contributed by atoms with van der Waals surface area (Å²) in [6.07, 6.45) is 5.11. The second-order valence-electron chi connectivity index (χ2n) is 2.68. The molecule has 1 aliphatic rings. The molecule has 1 N–H and O–H groups in total. The molecule has 1 rings (SSSR count). The maximum Gasteiger partial charge on any atom is 3.00 e. The van der Waals surface area contributed by atoms with E-state index >= 15 is 0 Å². The summed E-state index contributed by atoms with van der Waals surface area (Å²) in [6, 6.07) is -0.0706. The van der Waals surface area contributed by atoms with Crippen LogP contribution in [0.2, 0.25) is 0 Å². The van der Waals surface area contributed by atoms with Crippen molar-refractivity contribution >= 4 is 17.4 Å². The first-order valence-electron chi connectivity index (χ1n) is 3.66. The minimum absolute atomic E-state index is 0. The molecule has 4 nitrogen and oxygen atoms in total. The first-order chi connectivity index (χ1) is 4.84. The molecule has 0 aromatic heterocycles. The SMILES string of the molecule is [Al+3].[O-]/[N+](=N\O)C1CCCCC1. The zero-order chi connectivity index (χ0) is 7.40. The van der Waals surface area contributed by atoms with E-state index in [4.69, 9.17) is 5.21 Å². The van der Waals surface area contributed by atoms with Gasteiger partial charge >= 0.3 is 17.4 Å². The zero-order valence-corrected chi connectivity index (χ0v) is 7.59. The molecule has 0 spiro atoms. The van der Waals surface area contributed by atoms with Gasteiger partial charge in [-0.1, -0.05) is 11.3 Å². The molecule has 0 bridgehead atoms. The van der Waals surface area contributed by atoms with Crippen LogP contribution in [0, 0.1) is 5.21 Å². The second-order valence-corrected chi connectivity index (χ2v) is 2.68. The van der Waals surface area contributed by atoms with Crippen LogP contribution in [-0.4, -0.2) is 33.5 Å². The van der Waals surface area contributed by atoms with Crippen molar-refractivity contribution in [2.45, 2.75) is 38.1 Å². The molecule has 5 heteroatoms. The minimum Gasteiger partial charge on any atom is -0.597 e. The summed E-state index contributed by atoms with van der Waals surface area (Å²) < 4.78 is 0. The van der Waals surface area contributed by atoms with Gasteiger partial charge in [-0.25, -0.2) is 0 Å². The summed E-state index contributed by atoms with van der Waals surface area (Å²) in [7, 11) is 0. The van der Waals surface area contributed by atoms with Crippen molar-refractivity contribution in [3.8, 4) is 0 Å². The number of nitrogens with zero attached hydrogens (tertiary/aromatic N) is 2. The van der Waals surface area contributed by atoms with Crippen LogP contribution in [-0.2, 0) is 0 Å². The largest absolute Gasteiger partial charge is 3.00 e. The van der Waals surface area contributed by atoms with Gasteiger partial charge in [-0.05, 0) is 12.8 Å². The number of rotatable bonds is 1. The molecule has 0 unspecified atom stereocenters. The molecule has 0 heterocycles. The van der Waals surface area contributed by atoms with Gasteiger partial charge in [0.2, 0.25) is 0 Å². The summed E-state index contributed by atoms with van der Waals surface area (Å²) in [5.41, 5.74) is 0. The van der Waals surface area contributed by atoms with Crippen LogP contribution >= 0.6 is 0 Å². The third kappa shape index (κ3) is 3.09. The van der Waals surface area contributed by atoms with Gasteiger partial charge in [-0.2, -0.15) is 0 Å². The Balaban J connectivity index is 0.000001000. The fourth-order valence-electron chi connectivity index (χ4n) is 1.37. The molecular weight excluding hydrogens is 159 g/mol. The maximum absolute atomic E-state index is 10.7. The van der Waals surface area contributed by atoms with E-state index in [0.717, 1.165) is 25.7 Å². The first-order valence-corrected chi connectivity index (χ1v) is 3.66. The summed E-state index contributed by atoms with van der Waals surface area (Å²) in [5, 5.41) is 21.4. The van der Waals surface area contributed by atoms with Gasteiger partial charge in [0.05, 0.1) is 0 Å². The van der Waals surface area contributed by atoms with E-state index in [1.54, 1.807) is 0 Å². The summed E-state index contributed by atoms with van der Waals surface area (Å²) in [6.45, 7) is 0. The van der Waals surface area contributed by atoms with Crippen molar-refractivity contribution in [3.63, 3.8) is 0 Å². The number of hydrogen-bond acceptors (Lipinski definition) is 2. The Morgan fingerprint density at radius 2 is 1.82 bits per heavy atom. The van der Waals surface area contributed by atoms with Gasteiger partial charge in [-0.3, -0.25) is 0 Å². The van der Waals surface area contributed by atoms with Gasteiger partial charge in [-0.15, -0.1) is 0 Å². The van der Waals surface area contributed by atoms with Gasteiger partial charge in [0.25, 0.3) is 0 Å². The van der Waals surface area contributed by atoms with Crippen LogP contribution in [0.1, 0.15) is 32.1 Å². The quantitative estimate of drug-likeness (QED) is 0.279. The van der Waals surface area contributed by atoms with Gasteiger partial charge in [0.15, 0.2) is 11.3 Å².